The number of nitrogens with one attached hydrogen (secondary N) is 2. The number of thiocarbonyl (C=S) groups is 2. The molecular formula is C36H55ClN8O6P2S4. The fraction of sp³-hybridized carbons (Fsp3) is 0.500. The van der Waals surface area contributed by atoms with Crippen molar-refractivity contribution >= 4 is 123 Å². The molecule has 2 saturated heterocycles. The Bertz CT molecular complexity index is 1680. The summed E-state index contributed by atoms with van der Waals surface area (Å²) in [6, 6.07) is 14.7. The number of carbonyl (C=O) groups excluding carboxylic acids is 2. The van der Waals surface area contributed by atoms with Crippen LogP contribution < -0.4 is 26.3 Å². The van der Waals surface area contributed by atoms with E-state index in [9.17, 15) is 9.59 Å². The van der Waals surface area contributed by atoms with Crippen molar-refractivity contribution in [1.82, 2.24) is 9.80 Å². The summed E-state index contributed by atoms with van der Waals surface area (Å²) in [4.78, 5) is 35.5. The van der Waals surface area contributed by atoms with Gasteiger partial charge in [0.15, 0.2) is 15.4 Å². The molecule has 2 aromatic carbocycles. The molecule has 57 heavy (non-hydrogen) atoms. The van der Waals surface area contributed by atoms with Crippen LogP contribution in [0.1, 0.15) is 54.4 Å². The molecule has 2 aromatic rings. The standard InChI is InChI=1S/C18H27N4O3PS2.C16H20N2O3S.C2H7N2PS.ClH/c1-18(2,3)25-17(23)22-9-8-14(10-22)24-13-6-4-12(5-7-13)20-16(27)21-15(19)28-11-26;1-16(2,3)21-15(19)18-9-8-14(10-18)20-13-6-4-12(5-7-13)17-11-22;3-2(4)6-1-5;/h4-7,14H,8-11,26H2,1-3H3,(H3,19,20,21,27);4-7,14H,8-10H2,1-3H3;1,5H2,(H3,3,4);1H. The highest BCUT2D eigenvalue weighted by Crippen LogP contribution is 2.24. The SMILES string of the molecule is CC(C)(C)OC(=O)N1CCC(Oc2ccc(N=C=S)cc2)C1.CC(C)(C)OC(=O)N1CCC(Oc2ccc(NC(=S)N=C(N)SCP)cc2)C1.Cl.N=C(N)SCP. The summed E-state index contributed by atoms with van der Waals surface area (Å²) >= 11 is 12.4. The average molecular weight is 922 g/mol. The molecule has 2 amide bonds. The number of nitrogens with zero attached hydrogens (tertiary/aromatic N) is 4. The molecule has 2 aliphatic rings. The Morgan fingerprint density at radius 1 is 0.860 bits per heavy atom. The highest BCUT2D eigenvalue weighted by Gasteiger charge is 2.32. The summed E-state index contributed by atoms with van der Waals surface area (Å²) in [6.07, 6.45) is 0.896. The zero-order valence-corrected chi connectivity index (χ0v) is 39.4. The van der Waals surface area contributed by atoms with Gasteiger partial charge in [0.05, 0.1) is 23.9 Å². The second-order valence-corrected chi connectivity index (χ2v) is 18.7. The van der Waals surface area contributed by atoms with Crippen molar-refractivity contribution in [2.75, 3.05) is 42.5 Å². The summed E-state index contributed by atoms with van der Waals surface area (Å²) in [5, 5.41) is 12.9. The first-order valence-corrected chi connectivity index (χ1v) is 21.9. The third kappa shape index (κ3) is 22.7. The highest BCUT2D eigenvalue weighted by atomic mass is 35.5. The Labute approximate surface area is 366 Å². The van der Waals surface area contributed by atoms with Crippen molar-refractivity contribution in [1.29, 1.82) is 5.41 Å². The molecule has 2 fully saturated rings. The van der Waals surface area contributed by atoms with Gasteiger partial charge < -0.3 is 45.5 Å². The lowest BCUT2D eigenvalue weighted by Crippen LogP contribution is -2.36. The van der Waals surface area contributed by atoms with Gasteiger partial charge in [0.2, 0.25) is 0 Å². The van der Waals surface area contributed by atoms with Gasteiger partial charge in [-0.3, -0.25) is 5.41 Å². The fourth-order valence-corrected chi connectivity index (χ4v) is 6.68. The number of amides is 2. The number of nitrogens with two attached hydrogens (primary N) is 2. The van der Waals surface area contributed by atoms with E-state index < -0.39 is 11.2 Å². The van der Waals surface area contributed by atoms with Crippen molar-refractivity contribution in [3.8, 4) is 11.5 Å². The maximum absolute atomic E-state index is 12.1. The molecular weight excluding hydrogens is 866 g/mol. The van der Waals surface area contributed by atoms with E-state index >= 15 is 0 Å². The van der Waals surface area contributed by atoms with Crippen LogP contribution in [0.15, 0.2) is 58.5 Å². The third-order valence-corrected chi connectivity index (χ3v) is 9.31. The quantitative estimate of drug-likeness (QED) is 0.0857. The molecule has 21 heteroatoms. The molecule has 0 aliphatic carbocycles. The second-order valence-electron chi connectivity index (χ2n) is 14.0. The number of ether oxygens (including phenoxy) is 4. The normalized spacial score (nSPS) is 16.2. The lowest BCUT2D eigenvalue weighted by atomic mass is 10.2. The van der Waals surface area contributed by atoms with Gasteiger partial charge >= 0.3 is 12.2 Å². The Morgan fingerprint density at radius 3 is 1.67 bits per heavy atom. The number of thioether (sulfide) groups is 2. The number of likely N-dealkylation sites (tertiary alicyclic amines) is 2. The van der Waals surface area contributed by atoms with Crippen molar-refractivity contribution in [3.63, 3.8) is 0 Å². The van der Waals surface area contributed by atoms with E-state index in [2.05, 4.69) is 51.2 Å². The molecule has 316 valence electrons. The average Bonchev–Trinajstić information content (AvgIpc) is 3.76. The van der Waals surface area contributed by atoms with E-state index in [1.807, 2.05) is 90.1 Å². The molecule has 4 unspecified atom stereocenters. The van der Waals surface area contributed by atoms with Crippen LogP contribution in [-0.2, 0) is 9.47 Å². The van der Waals surface area contributed by atoms with Crippen LogP contribution in [0.2, 0.25) is 0 Å². The minimum Gasteiger partial charge on any atom is -0.489 e. The van der Waals surface area contributed by atoms with Gasteiger partial charge in [0, 0.05) is 42.6 Å². The maximum atomic E-state index is 12.1. The molecule has 0 bridgehead atoms. The summed E-state index contributed by atoms with van der Waals surface area (Å²) in [7, 11) is 5.03. The first kappa shape index (κ1) is 52.1. The van der Waals surface area contributed by atoms with Gasteiger partial charge in [-0.2, -0.15) is 9.98 Å². The summed E-state index contributed by atoms with van der Waals surface area (Å²) in [5.74, 6) is 1.48. The summed E-state index contributed by atoms with van der Waals surface area (Å²) in [6.45, 7) is 13.5. The molecule has 6 N–H and O–H groups in total. The Morgan fingerprint density at radius 2 is 1.30 bits per heavy atom. The van der Waals surface area contributed by atoms with Crippen molar-refractivity contribution in [3.05, 3.63) is 48.5 Å². The number of rotatable bonds is 8. The molecule has 0 saturated carbocycles. The van der Waals surface area contributed by atoms with E-state index in [1.54, 1.807) is 9.80 Å². The van der Waals surface area contributed by atoms with Crippen molar-refractivity contribution in [2.24, 2.45) is 21.5 Å². The van der Waals surface area contributed by atoms with Gasteiger partial charge in [0.25, 0.3) is 0 Å². The van der Waals surface area contributed by atoms with Crippen LogP contribution in [0.25, 0.3) is 0 Å². The number of carbonyl (C=O) groups is 2. The minimum absolute atomic E-state index is 0. The predicted octanol–water partition coefficient (Wildman–Crippen LogP) is 8.33. The first-order chi connectivity index (χ1) is 26.3. The number of aliphatic imine (C=N–C) groups is 2. The van der Waals surface area contributed by atoms with Gasteiger partial charge in [-0.05, 0) is 115 Å². The number of anilines is 1. The second kappa shape index (κ2) is 26.2. The van der Waals surface area contributed by atoms with Crippen LogP contribution in [-0.4, -0.2) is 103 Å². The topological polar surface area (TPSA) is 190 Å². The largest absolute Gasteiger partial charge is 0.489 e. The fourth-order valence-electron chi connectivity index (χ4n) is 4.75. The summed E-state index contributed by atoms with van der Waals surface area (Å²) < 4.78 is 22.6. The van der Waals surface area contributed by atoms with Crippen LogP contribution in [0.5, 0.6) is 11.5 Å². The van der Waals surface area contributed by atoms with Gasteiger partial charge in [-0.15, -0.1) is 30.9 Å². The van der Waals surface area contributed by atoms with Crippen LogP contribution in [0.3, 0.4) is 0 Å². The monoisotopic (exact) mass is 920 g/mol. The lowest BCUT2D eigenvalue weighted by molar-refractivity contribution is 0.0266. The number of halogens is 1. The Kier molecular flexibility index (Phi) is 24.0. The van der Waals surface area contributed by atoms with Crippen LogP contribution in [0.4, 0.5) is 21.0 Å². The molecule has 4 rings (SSSR count). The number of hydrogen-bond donors (Lipinski definition) is 4. The summed E-state index contributed by atoms with van der Waals surface area (Å²) in [5.41, 5.74) is 12.8. The number of amidine groups is 2. The Hall–Kier alpha value is -2.94. The molecule has 0 spiro atoms. The number of isothiocyanates is 1. The first-order valence-electron chi connectivity index (χ1n) is 17.5. The van der Waals surface area contributed by atoms with E-state index in [-0.39, 0.29) is 42.0 Å². The zero-order valence-electron chi connectivity index (χ0n) is 33.0. The van der Waals surface area contributed by atoms with Gasteiger partial charge in [-0.1, -0.05) is 23.5 Å². The molecule has 14 nitrogen and oxygen atoms in total. The molecule has 0 radical (unpaired) electrons. The number of hydrogen-bond acceptors (Lipinski definition) is 12. The van der Waals surface area contributed by atoms with Crippen molar-refractivity contribution in [2.45, 2.75) is 77.8 Å². The van der Waals surface area contributed by atoms with Gasteiger partial charge in [-0.25, -0.2) is 9.59 Å². The highest BCUT2D eigenvalue weighted by molar-refractivity contribution is 8.16. The Balaban J connectivity index is 0.000000500. The van der Waals surface area contributed by atoms with Gasteiger partial charge in [0.1, 0.15) is 34.9 Å². The van der Waals surface area contributed by atoms with E-state index in [1.165, 1.54) is 23.5 Å². The third-order valence-electron chi connectivity index (χ3n) is 7.00. The van der Waals surface area contributed by atoms with E-state index in [0.717, 1.165) is 46.7 Å². The minimum atomic E-state index is -0.498. The van der Waals surface area contributed by atoms with Crippen LogP contribution >= 0.6 is 78.8 Å². The number of benzene rings is 2. The molecule has 2 heterocycles. The van der Waals surface area contributed by atoms with Crippen molar-refractivity contribution < 1.29 is 28.5 Å². The molecule has 0 aromatic heterocycles. The molecule has 2 aliphatic heterocycles. The lowest BCUT2D eigenvalue weighted by Gasteiger charge is -2.24. The predicted molar refractivity (Wildman–Crippen MR) is 253 cm³/mol. The maximum Gasteiger partial charge on any atom is 0.410 e. The van der Waals surface area contributed by atoms with E-state index in [4.69, 9.17) is 48.0 Å². The smallest absolute Gasteiger partial charge is 0.410 e. The van der Waals surface area contributed by atoms with E-state index in [0.29, 0.717) is 36.5 Å². The van der Waals surface area contributed by atoms with Crippen LogP contribution in [0, 0.1) is 5.41 Å². The zero-order chi connectivity index (χ0) is 41.9. The molecule has 4 atom stereocenters.